The molecule has 1 aliphatic heterocycles. The zero-order valence-corrected chi connectivity index (χ0v) is 19.7. The molecule has 0 saturated carbocycles. The number of benzene rings is 1. The maximum atomic E-state index is 12.8. The topological polar surface area (TPSA) is 99.8 Å². The lowest BCUT2D eigenvalue weighted by atomic mass is 9.79. The Kier molecular flexibility index (Phi) is 7.57. The van der Waals surface area contributed by atoms with Gasteiger partial charge in [-0.3, -0.25) is 4.79 Å². The third-order valence-corrected chi connectivity index (χ3v) is 5.01. The number of hydrogen-bond acceptors (Lipinski definition) is 4. The smallest absolute Gasteiger partial charge is 0.410 e. The zero-order chi connectivity index (χ0) is 23.4. The first-order valence-corrected chi connectivity index (χ1v) is 10.7. The number of likely N-dealkylation sites (tertiary alicyclic amines) is 1. The van der Waals surface area contributed by atoms with Crippen LogP contribution in [0.15, 0.2) is 24.3 Å². The molecule has 0 unspecified atom stereocenters. The molecule has 1 aromatic carbocycles. The van der Waals surface area contributed by atoms with E-state index in [0.717, 1.165) is 0 Å². The van der Waals surface area contributed by atoms with Gasteiger partial charge in [0.15, 0.2) is 0 Å². The lowest BCUT2D eigenvalue weighted by Gasteiger charge is -2.44. The molecule has 31 heavy (non-hydrogen) atoms. The lowest BCUT2D eigenvalue weighted by Crippen LogP contribution is -2.57. The van der Waals surface area contributed by atoms with Crippen LogP contribution >= 0.6 is 0 Å². The van der Waals surface area contributed by atoms with Crippen LogP contribution < -0.4 is 16.0 Å². The average molecular weight is 433 g/mol. The van der Waals surface area contributed by atoms with Gasteiger partial charge in [0.25, 0.3) is 5.91 Å². The second-order valence-corrected chi connectivity index (χ2v) is 10.0. The van der Waals surface area contributed by atoms with Crippen LogP contribution in [0.2, 0.25) is 0 Å². The number of urea groups is 1. The van der Waals surface area contributed by atoms with Gasteiger partial charge in [-0.1, -0.05) is 13.8 Å². The van der Waals surface area contributed by atoms with Crippen molar-refractivity contribution in [2.45, 2.75) is 72.6 Å². The molecule has 1 aliphatic rings. The van der Waals surface area contributed by atoms with Gasteiger partial charge in [0, 0.05) is 41.8 Å². The standard InChI is InChI=1S/C23H36N4O4/c1-15(2)24-20(29)25-17-10-8-16(9-11-17)19(28)26-18-12-13-27(14-23(18,6)7)21(30)31-22(3,4)5/h8-11,15,18H,12-14H2,1-7H3,(H,26,28)(H2,24,25,29)/t18-/m1/s1. The highest BCUT2D eigenvalue weighted by molar-refractivity contribution is 5.95. The van der Waals surface area contributed by atoms with Crippen LogP contribution in [0.25, 0.3) is 0 Å². The van der Waals surface area contributed by atoms with E-state index in [9.17, 15) is 14.4 Å². The first kappa shape index (κ1) is 24.5. The quantitative estimate of drug-likeness (QED) is 0.670. The highest BCUT2D eigenvalue weighted by atomic mass is 16.6. The van der Waals surface area contributed by atoms with Gasteiger partial charge in [0.1, 0.15) is 5.60 Å². The molecule has 0 spiro atoms. The Morgan fingerprint density at radius 3 is 2.26 bits per heavy atom. The Balaban J connectivity index is 1.95. The Morgan fingerprint density at radius 2 is 1.74 bits per heavy atom. The molecule has 8 nitrogen and oxygen atoms in total. The van der Waals surface area contributed by atoms with Crippen LogP contribution in [0.4, 0.5) is 15.3 Å². The number of nitrogens with zero attached hydrogens (tertiary/aromatic N) is 1. The van der Waals surface area contributed by atoms with Crippen LogP contribution in [0.3, 0.4) is 0 Å². The van der Waals surface area contributed by atoms with Crippen molar-refractivity contribution >= 4 is 23.7 Å². The van der Waals surface area contributed by atoms with E-state index in [1.54, 1.807) is 29.2 Å². The number of hydrogen-bond donors (Lipinski definition) is 3. The number of anilines is 1. The van der Waals surface area contributed by atoms with E-state index >= 15 is 0 Å². The Bertz CT molecular complexity index is 797. The molecule has 1 saturated heterocycles. The van der Waals surface area contributed by atoms with E-state index < -0.39 is 5.60 Å². The highest BCUT2D eigenvalue weighted by Crippen LogP contribution is 2.30. The molecule has 1 atom stereocenters. The summed E-state index contributed by atoms with van der Waals surface area (Å²) in [5.41, 5.74) is 0.283. The minimum absolute atomic E-state index is 0.0372. The van der Waals surface area contributed by atoms with Gasteiger partial charge in [-0.05, 0) is 65.3 Å². The fraction of sp³-hybridized carbons (Fsp3) is 0.609. The first-order chi connectivity index (χ1) is 14.3. The number of carbonyl (C=O) groups excluding carboxylic acids is 3. The second kappa shape index (κ2) is 9.58. The average Bonchev–Trinajstić information content (AvgIpc) is 2.61. The molecular formula is C23H36N4O4. The van der Waals surface area contributed by atoms with Crippen molar-refractivity contribution < 1.29 is 19.1 Å². The summed E-state index contributed by atoms with van der Waals surface area (Å²) in [6, 6.07) is 6.44. The second-order valence-electron chi connectivity index (χ2n) is 10.0. The fourth-order valence-electron chi connectivity index (χ4n) is 3.48. The third kappa shape index (κ3) is 7.45. The molecule has 1 fully saturated rings. The van der Waals surface area contributed by atoms with Gasteiger partial charge in [0.2, 0.25) is 0 Å². The van der Waals surface area contributed by atoms with Crippen molar-refractivity contribution in [1.82, 2.24) is 15.5 Å². The summed E-state index contributed by atoms with van der Waals surface area (Å²) < 4.78 is 5.48. The van der Waals surface area contributed by atoms with Crippen molar-refractivity contribution in [2.75, 3.05) is 18.4 Å². The predicted molar refractivity (Wildman–Crippen MR) is 121 cm³/mol. The number of piperidine rings is 1. The highest BCUT2D eigenvalue weighted by Gasteiger charge is 2.39. The molecule has 8 heteroatoms. The van der Waals surface area contributed by atoms with Gasteiger partial charge in [0.05, 0.1) is 0 Å². The van der Waals surface area contributed by atoms with Crippen LogP contribution in [-0.2, 0) is 4.74 Å². The largest absolute Gasteiger partial charge is 0.444 e. The van der Waals surface area contributed by atoms with E-state index in [1.807, 2.05) is 48.5 Å². The Hall–Kier alpha value is -2.77. The molecule has 3 N–H and O–H groups in total. The van der Waals surface area contributed by atoms with E-state index in [1.165, 1.54) is 0 Å². The minimum atomic E-state index is -0.539. The van der Waals surface area contributed by atoms with Gasteiger partial charge >= 0.3 is 12.1 Å². The summed E-state index contributed by atoms with van der Waals surface area (Å²) in [7, 11) is 0. The summed E-state index contributed by atoms with van der Waals surface area (Å²) in [6.07, 6.45) is 0.322. The number of amides is 4. The lowest BCUT2D eigenvalue weighted by molar-refractivity contribution is 0.00270. The SMILES string of the molecule is CC(C)NC(=O)Nc1ccc(C(=O)N[C@@H]2CCN(C(=O)OC(C)(C)C)CC2(C)C)cc1. The molecule has 4 amide bonds. The van der Waals surface area contributed by atoms with E-state index in [4.69, 9.17) is 4.74 Å². The molecule has 1 aromatic rings. The van der Waals surface area contributed by atoms with Crippen molar-refractivity contribution in [3.05, 3.63) is 29.8 Å². The van der Waals surface area contributed by atoms with Crippen molar-refractivity contribution in [3.63, 3.8) is 0 Å². The summed E-state index contributed by atoms with van der Waals surface area (Å²) in [4.78, 5) is 38.7. The molecule has 0 aromatic heterocycles. The molecule has 1 heterocycles. The van der Waals surface area contributed by atoms with Gasteiger partial charge in [-0.25, -0.2) is 9.59 Å². The number of rotatable bonds is 4. The summed E-state index contributed by atoms with van der Waals surface area (Å²) in [6.45, 7) is 14.4. The van der Waals surface area contributed by atoms with Crippen LogP contribution in [-0.4, -0.2) is 53.7 Å². The van der Waals surface area contributed by atoms with Crippen LogP contribution in [0.5, 0.6) is 0 Å². The Labute approximate surface area is 185 Å². The van der Waals surface area contributed by atoms with Crippen molar-refractivity contribution in [2.24, 2.45) is 5.41 Å². The normalized spacial score (nSPS) is 18.3. The number of ether oxygens (including phenoxy) is 1. The van der Waals surface area contributed by atoms with Crippen LogP contribution in [0, 0.1) is 5.41 Å². The molecule has 0 aliphatic carbocycles. The number of carbonyl (C=O) groups is 3. The monoisotopic (exact) mass is 432 g/mol. The maximum absolute atomic E-state index is 12.8. The predicted octanol–water partition coefficient (Wildman–Crippen LogP) is 3.98. The molecule has 0 radical (unpaired) electrons. The van der Waals surface area contributed by atoms with Gasteiger partial charge < -0.3 is 25.6 Å². The number of nitrogens with one attached hydrogen (secondary N) is 3. The van der Waals surface area contributed by atoms with Crippen molar-refractivity contribution in [1.29, 1.82) is 0 Å². The minimum Gasteiger partial charge on any atom is -0.444 e. The Morgan fingerprint density at radius 1 is 1.13 bits per heavy atom. The summed E-state index contributed by atoms with van der Waals surface area (Å²) in [5.74, 6) is -0.179. The molecular weight excluding hydrogens is 396 g/mol. The third-order valence-electron chi connectivity index (χ3n) is 5.01. The zero-order valence-electron chi connectivity index (χ0n) is 19.7. The maximum Gasteiger partial charge on any atom is 0.410 e. The summed E-state index contributed by atoms with van der Waals surface area (Å²) in [5, 5.41) is 8.59. The first-order valence-electron chi connectivity index (χ1n) is 10.7. The van der Waals surface area contributed by atoms with E-state index in [2.05, 4.69) is 16.0 Å². The van der Waals surface area contributed by atoms with Gasteiger partial charge in [-0.2, -0.15) is 0 Å². The molecule has 2 rings (SSSR count). The fourth-order valence-corrected chi connectivity index (χ4v) is 3.48. The van der Waals surface area contributed by atoms with Crippen LogP contribution in [0.1, 0.15) is 65.2 Å². The summed E-state index contributed by atoms with van der Waals surface area (Å²) >= 11 is 0. The molecule has 172 valence electrons. The van der Waals surface area contributed by atoms with E-state index in [-0.39, 0.29) is 35.5 Å². The van der Waals surface area contributed by atoms with Gasteiger partial charge in [-0.15, -0.1) is 0 Å². The van der Waals surface area contributed by atoms with E-state index in [0.29, 0.717) is 30.8 Å². The molecule has 0 bridgehead atoms. The van der Waals surface area contributed by atoms with Crippen molar-refractivity contribution in [3.8, 4) is 0 Å².